The zero-order valence-electron chi connectivity index (χ0n) is 13.9. The van der Waals surface area contributed by atoms with Crippen molar-refractivity contribution < 1.29 is 23.2 Å². The van der Waals surface area contributed by atoms with Gasteiger partial charge in [0.15, 0.2) is 0 Å². The van der Waals surface area contributed by atoms with Gasteiger partial charge in [0.1, 0.15) is 0 Å². The third-order valence-corrected chi connectivity index (χ3v) is 8.52. The van der Waals surface area contributed by atoms with Crippen LogP contribution >= 0.6 is 0 Å². The van der Waals surface area contributed by atoms with E-state index in [-0.39, 0.29) is 0 Å². The summed E-state index contributed by atoms with van der Waals surface area (Å²) in [6.07, 6.45) is 23.2. The van der Waals surface area contributed by atoms with Gasteiger partial charge in [-0.2, -0.15) is 0 Å². The Hall–Kier alpha value is -0.157. The van der Waals surface area contributed by atoms with Crippen molar-refractivity contribution in [1.29, 1.82) is 0 Å². The molecular weight excluding hydrogens is 331 g/mol. The normalized spacial score (nSPS) is 17.4. The van der Waals surface area contributed by atoms with E-state index in [0.717, 1.165) is 0 Å². The maximum absolute atomic E-state index is 2.44. The number of rotatable bonds is 10. The Bertz CT molecular complexity index is 406. The average molecular weight is 362 g/mol. The van der Waals surface area contributed by atoms with Gasteiger partial charge in [0.25, 0.3) is 0 Å². The van der Waals surface area contributed by atoms with E-state index < -0.39 is 23.2 Å². The second-order valence-corrected chi connectivity index (χ2v) is 9.84. The Balaban J connectivity index is 1.92. The van der Waals surface area contributed by atoms with Gasteiger partial charge in [0.2, 0.25) is 0 Å². The van der Waals surface area contributed by atoms with Gasteiger partial charge in [-0.25, -0.2) is 0 Å². The van der Waals surface area contributed by atoms with Crippen molar-refractivity contribution in [2.75, 3.05) is 0 Å². The molecule has 0 bridgehead atoms. The molecule has 0 amide bonds. The van der Waals surface area contributed by atoms with Crippen LogP contribution in [-0.2, 0) is 23.2 Å². The Kier molecular flexibility index (Phi) is 8.01. The van der Waals surface area contributed by atoms with Crippen LogP contribution in [0.15, 0.2) is 42.0 Å². The van der Waals surface area contributed by atoms with Crippen LogP contribution in [0.1, 0.15) is 78.1 Å². The molecule has 0 aromatic carbocycles. The van der Waals surface area contributed by atoms with Gasteiger partial charge < -0.3 is 0 Å². The van der Waals surface area contributed by atoms with Gasteiger partial charge in [-0.1, -0.05) is 0 Å². The van der Waals surface area contributed by atoms with E-state index in [1.54, 1.807) is 11.1 Å². The van der Waals surface area contributed by atoms with Crippen LogP contribution in [-0.4, -0.2) is 0 Å². The number of hydrogen-bond donors (Lipinski definition) is 0. The fourth-order valence-corrected chi connectivity index (χ4v) is 6.94. The Morgan fingerprint density at radius 2 is 1.24 bits per heavy atom. The van der Waals surface area contributed by atoms with Gasteiger partial charge in [-0.3, -0.25) is 0 Å². The van der Waals surface area contributed by atoms with Gasteiger partial charge >= 0.3 is 143 Å². The molecule has 2 rings (SSSR count). The summed E-state index contributed by atoms with van der Waals surface area (Å²) < 4.78 is 3.75. The van der Waals surface area contributed by atoms with Gasteiger partial charge in [0.05, 0.1) is 0 Å². The molecular formula is C20H30Zr. The first kappa shape index (κ1) is 17.2. The van der Waals surface area contributed by atoms with Crippen LogP contribution in [0.4, 0.5) is 0 Å². The van der Waals surface area contributed by atoms with Crippen molar-refractivity contribution in [2.45, 2.75) is 78.1 Å². The van der Waals surface area contributed by atoms with Crippen LogP contribution in [0, 0.1) is 0 Å². The van der Waals surface area contributed by atoms with Crippen molar-refractivity contribution in [2.24, 2.45) is 0 Å². The van der Waals surface area contributed by atoms with E-state index in [1.807, 2.05) is 6.56 Å². The predicted octanol–water partition coefficient (Wildman–Crippen LogP) is 6.66. The molecule has 0 saturated heterocycles. The van der Waals surface area contributed by atoms with Crippen LogP contribution in [0.5, 0.6) is 0 Å². The van der Waals surface area contributed by atoms with Crippen molar-refractivity contribution in [1.82, 2.24) is 0 Å². The summed E-state index contributed by atoms with van der Waals surface area (Å²) in [7, 11) is 0. The van der Waals surface area contributed by atoms with Crippen LogP contribution in [0.3, 0.4) is 0 Å². The number of unbranched alkanes of at least 4 members (excludes halogenated alkanes) is 4. The van der Waals surface area contributed by atoms with Crippen molar-refractivity contribution in [3.05, 3.63) is 42.0 Å². The Morgan fingerprint density at radius 3 is 1.67 bits per heavy atom. The monoisotopic (exact) mass is 360 g/mol. The molecule has 2 aliphatic rings. The molecule has 0 aliphatic heterocycles. The van der Waals surface area contributed by atoms with E-state index in [9.17, 15) is 0 Å². The first-order valence-electron chi connectivity index (χ1n) is 8.89. The SMILES string of the molecule is CCCCCC1=[C]([Zr][C]2=C(CCCCC)C=CC2)CC=C1. The van der Waals surface area contributed by atoms with Crippen molar-refractivity contribution >= 4 is 0 Å². The summed E-state index contributed by atoms with van der Waals surface area (Å²) in [4.78, 5) is 0. The molecule has 0 nitrogen and oxygen atoms in total. The van der Waals surface area contributed by atoms with Gasteiger partial charge in [-0.05, 0) is 0 Å². The molecule has 0 unspecified atom stereocenters. The predicted molar refractivity (Wildman–Crippen MR) is 89.9 cm³/mol. The molecule has 0 heterocycles. The summed E-state index contributed by atoms with van der Waals surface area (Å²) in [6, 6.07) is 0. The minimum absolute atomic E-state index is 0.479. The minimum atomic E-state index is -0.479. The second kappa shape index (κ2) is 9.78. The summed E-state index contributed by atoms with van der Waals surface area (Å²) in [6.45, 7) is 4.60. The average Bonchev–Trinajstić information content (AvgIpc) is 3.10. The maximum atomic E-state index is 2.44. The molecule has 0 saturated carbocycles. The van der Waals surface area contributed by atoms with Gasteiger partial charge in [0, 0.05) is 0 Å². The molecule has 0 aromatic heterocycles. The fraction of sp³-hybridized carbons (Fsp3) is 0.600. The van der Waals surface area contributed by atoms with E-state index in [2.05, 4.69) is 38.2 Å². The molecule has 0 atom stereocenters. The van der Waals surface area contributed by atoms with Crippen LogP contribution in [0.2, 0.25) is 0 Å². The molecule has 1 heteroatoms. The summed E-state index contributed by atoms with van der Waals surface area (Å²) >= 11 is -0.479. The first-order chi connectivity index (χ1) is 10.3. The molecule has 0 radical (unpaired) electrons. The quantitative estimate of drug-likeness (QED) is 0.382. The standard InChI is InChI=1S/2C10H15.Zr/c2*1-2-3-4-7-10-8-5-6-9-10;/h2*5,8H,2-4,6-7H2,1H3;. The van der Waals surface area contributed by atoms with E-state index >= 15 is 0 Å². The third-order valence-electron chi connectivity index (χ3n) is 4.46. The van der Waals surface area contributed by atoms with Gasteiger partial charge in [-0.15, -0.1) is 0 Å². The Morgan fingerprint density at radius 1 is 0.762 bits per heavy atom. The Labute approximate surface area is 143 Å². The molecule has 0 spiro atoms. The topological polar surface area (TPSA) is 0 Å². The summed E-state index contributed by atoms with van der Waals surface area (Å²) in [5.41, 5.74) is 3.45. The van der Waals surface area contributed by atoms with Crippen LogP contribution < -0.4 is 0 Å². The van der Waals surface area contributed by atoms with E-state index in [0.29, 0.717) is 0 Å². The first-order valence-corrected chi connectivity index (χ1v) is 11.3. The molecule has 0 aromatic rings. The zero-order valence-corrected chi connectivity index (χ0v) is 16.3. The zero-order chi connectivity index (χ0) is 14.9. The molecule has 21 heavy (non-hydrogen) atoms. The van der Waals surface area contributed by atoms with Crippen molar-refractivity contribution in [3.8, 4) is 0 Å². The molecule has 0 fully saturated rings. The van der Waals surface area contributed by atoms with Crippen LogP contribution in [0.25, 0.3) is 0 Å². The van der Waals surface area contributed by atoms with E-state index in [1.165, 1.54) is 64.2 Å². The van der Waals surface area contributed by atoms with Crippen molar-refractivity contribution in [3.63, 3.8) is 0 Å². The molecule has 0 N–H and O–H groups in total. The number of allylic oxidation sites excluding steroid dienone is 8. The fourth-order valence-electron chi connectivity index (χ4n) is 3.15. The summed E-state index contributed by atoms with van der Waals surface area (Å²) in [5, 5.41) is 0. The second-order valence-electron chi connectivity index (χ2n) is 6.26. The molecule has 114 valence electrons. The third kappa shape index (κ3) is 5.52. The summed E-state index contributed by atoms with van der Waals surface area (Å²) in [5.74, 6) is 0. The van der Waals surface area contributed by atoms with E-state index in [4.69, 9.17) is 0 Å². The molecule has 2 aliphatic carbocycles. The number of hydrogen-bond acceptors (Lipinski definition) is 0.